The number of hydrogen-bond donors (Lipinski definition) is 1. The molecule has 2 aromatic carbocycles. The molecule has 4 rings (SSSR count). The Balaban J connectivity index is 1.66. The number of nitrogens with zero attached hydrogens (tertiary/aromatic N) is 4. The van der Waals surface area contributed by atoms with E-state index in [9.17, 15) is 8.42 Å². The Morgan fingerprint density at radius 2 is 1.81 bits per heavy atom. The minimum Gasteiger partial charge on any atom is -0.275 e. The van der Waals surface area contributed by atoms with Gasteiger partial charge in [0.1, 0.15) is 0 Å². The van der Waals surface area contributed by atoms with Gasteiger partial charge in [-0.05, 0) is 11.5 Å². The van der Waals surface area contributed by atoms with Crippen molar-refractivity contribution in [1.29, 1.82) is 0 Å². The summed E-state index contributed by atoms with van der Waals surface area (Å²) in [6, 6.07) is 12.6. The van der Waals surface area contributed by atoms with Crippen molar-refractivity contribution in [1.82, 2.24) is 24.5 Å². The topological polar surface area (TPSA) is 89.8 Å². The van der Waals surface area contributed by atoms with E-state index in [-0.39, 0.29) is 11.4 Å². The van der Waals surface area contributed by atoms with Crippen molar-refractivity contribution < 1.29 is 8.42 Å². The average Bonchev–Trinajstić information content (AvgIpc) is 3.12. The summed E-state index contributed by atoms with van der Waals surface area (Å²) in [7, 11) is -1.91. The molecule has 0 saturated heterocycles. The highest BCUT2D eigenvalue weighted by atomic mass is 32.2. The van der Waals surface area contributed by atoms with Crippen LogP contribution in [-0.2, 0) is 23.6 Å². The van der Waals surface area contributed by atoms with Gasteiger partial charge in [-0.1, -0.05) is 36.4 Å². The van der Waals surface area contributed by atoms with Gasteiger partial charge in [0.25, 0.3) is 0 Å². The van der Waals surface area contributed by atoms with Crippen LogP contribution >= 0.6 is 0 Å². The lowest BCUT2D eigenvalue weighted by molar-refractivity contribution is 0.581. The SMILES string of the molecule is Cn1cc(-c2nccnc2CNS(=O)(=O)c2cccc3ccccc23)cn1. The molecule has 0 aliphatic heterocycles. The molecule has 0 fully saturated rings. The summed E-state index contributed by atoms with van der Waals surface area (Å²) in [6.45, 7) is 0.0314. The number of benzene rings is 2. The first-order valence-corrected chi connectivity index (χ1v) is 9.79. The standard InChI is InChI=1S/C19H17N5O2S/c1-24-13-15(11-22-24)19-17(20-9-10-21-19)12-23-27(25,26)18-8-4-6-14-5-2-3-7-16(14)18/h2-11,13,23H,12H2,1H3. The van der Waals surface area contributed by atoms with Gasteiger partial charge in [0.05, 0.1) is 29.0 Å². The van der Waals surface area contributed by atoms with Crippen molar-refractivity contribution in [3.05, 3.63) is 72.9 Å². The van der Waals surface area contributed by atoms with Gasteiger partial charge in [-0.25, -0.2) is 13.1 Å². The molecule has 136 valence electrons. The second kappa shape index (κ2) is 6.90. The Kier molecular flexibility index (Phi) is 4.43. The second-order valence-corrected chi connectivity index (χ2v) is 7.79. The van der Waals surface area contributed by atoms with Crippen molar-refractivity contribution in [3.8, 4) is 11.3 Å². The quantitative estimate of drug-likeness (QED) is 0.575. The molecule has 0 aliphatic carbocycles. The van der Waals surface area contributed by atoms with E-state index >= 15 is 0 Å². The molecule has 2 aromatic heterocycles. The highest BCUT2D eigenvalue weighted by molar-refractivity contribution is 7.89. The van der Waals surface area contributed by atoms with Crippen molar-refractivity contribution >= 4 is 20.8 Å². The molecule has 0 aliphatic rings. The molecule has 27 heavy (non-hydrogen) atoms. The van der Waals surface area contributed by atoms with Gasteiger partial charge >= 0.3 is 0 Å². The molecule has 1 N–H and O–H groups in total. The van der Waals surface area contributed by atoms with E-state index in [0.717, 1.165) is 10.9 Å². The maximum absolute atomic E-state index is 12.9. The zero-order valence-electron chi connectivity index (χ0n) is 14.6. The molecule has 0 radical (unpaired) electrons. The van der Waals surface area contributed by atoms with Crippen LogP contribution in [0.3, 0.4) is 0 Å². The van der Waals surface area contributed by atoms with Crippen LogP contribution in [0.25, 0.3) is 22.0 Å². The molecule has 0 saturated carbocycles. The molecule has 4 aromatic rings. The molecule has 8 heteroatoms. The monoisotopic (exact) mass is 379 g/mol. The van der Waals surface area contributed by atoms with Gasteiger partial charge in [0, 0.05) is 36.6 Å². The molecule has 2 heterocycles. The average molecular weight is 379 g/mol. The first kappa shape index (κ1) is 17.3. The fourth-order valence-electron chi connectivity index (χ4n) is 2.95. The fourth-order valence-corrected chi connectivity index (χ4v) is 4.17. The first-order chi connectivity index (χ1) is 13.0. The maximum atomic E-state index is 12.9. The molecule has 0 unspecified atom stereocenters. The van der Waals surface area contributed by atoms with Gasteiger partial charge in [0.15, 0.2) is 0 Å². The van der Waals surface area contributed by atoms with E-state index in [4.69, 9.17) is 0 Å². The Hall–Kier alpha value is -3.10. The zero-order valence-corrected chi connectivity index (χ0v) is 15.4. The second-order valence-electron chi connectivity index (χ2n) is 6.06. The lowest BCUT2D eigenvalue weighted by Crippen LogP contribution is -2.24. The highest BCUT2D eigenvalue weighted by Crippen LogP contribution is 2.23. The lowest BCUT2D eigenvalue weighted by Gasteiger charge is -2.10. The zero-order chi connectivity index (χ0) is 18.9. The van der Waals surface area contributed by atoms with Crippen LogP contribution in [0.15, 0.2) is 72.1 Å². The summed E-state index contributed by atoms with van der Waals surface area (Å²) in [5.41, 5.74) is 1.92. The van der Waals surface area contributed by atoms with Gasteiger partial charge in [0.2, 0.25) is 10.0 Å². The van der Waals surface area contributed by atoms with E-state index in [1.165, 1.54) is 0 Å². The Morgan fingerprint density at radius 3 is 2.63 bits per heavy atom. The summed E-state index contributed by atoms with van der Waals surface area (Å²) in [4.78, 5) is 8.87. The van der Waals surface area contributed by atoms with E-state index in [1.807, 2.05) is 37.5 Å². The van der Waals surface area contributed by atoms with Crippen LogP contribution in [0.1, 0.15) is 5.69 Å². The predicted molar refractivity (Wildman–Crippen MR) is 102 cm³/mol. The lowest BCUT2D eigenvalue weighted by atomic mass is 10.1. The van der Waals surface area contributed by atoms with Crippen molar-refractivity contribution in [2.75, 3.05) is 0 Å². The van der Waals surface area contributed by atoms with Crippen LogP contribution < -0.4 is 4.72 Å². The molecule has 0 bridgehead atoms. The van der Waals surface area contributed by atoms with Gasteiger partial charge in [-0.3, -0.25) is 14.6 Å². The van der Waals surface area contributed by atoms with Crippen molar-refractivity contribution in [3.63, 3.8) is 0 Å². The largest absolute Gasteiger partial charge is 0.275 e. The third-order valence-electron chi connectivity index (χ3n) is 4.22. The number of aryl methyl sites for hydroxylation is 1. The van der Waals surface area contributed by atoms with Crippen LogP contribution in [0, 0.1) is 0 Å². The number of hydrogen-bond acceptors (Lipinski definition) is 5. The summed E-state index contributed by atoms with van der Waals surface area (Å²) in [5, 5.41) is 5.69. The Labute approximate surface area is 156 Å². The molecule has 0 spiro atoms. The van der Waals surface area contributed by atoms with Crippen LogP contribution in [0.2, 0.25) is 0 Å². The predicted octanol–water partition coefficient (Wildman–Crippen LogP) is 2.51. The summed E-state index contributed by atoms with van der Waals surface area (Å²) in [6.07, 6.45) is 6.60. The van der Waals surface area contributed by atoms with Crippen LogP contribution in [0.4, 0.5) is 0 Å². The molecular formula is C19H17N5O2S. The smallest absolute Gasteiger partial charge is 0.241 e. The normalized spacial score (nSPS) is 11.7. The first-order valence-electron chi connectivity index (χ1n) is 8.31. The van der Waals surface area contributed by atoms with Crippen LogP contribution in [0.5, 0.6) is 0 Å². The minimum atomic E-state index is -3.72. The molecular weight excluding hydrogens is 362 g/mol. The van der Waals surface area contributed by atoms with Crippen LogP contribution in [-0.4, -0.2) is 28.2 Å². The number of sulfonamides is 1. The number of nitrogens with one attached hydrogen (secondary N) is 1. The van der Waals surface area contributed by atoms with Crippen molar-refractivity contribution in [2.24, 2.45) is 7.05 Å². The van der Waals surface area contributed by atoms with Gasteiger partial charge in [-0.2, -0.15) is 5.10 Å². The fraction of sp³-hybridized carbons (Fsp3) is 0.105. The third-order valence-corrected chi connectivity index (χ3v) is 5.68. The van der Waals surface area contributed by atoms with Gasteiger partial charge < -0.3 is 0 Å². The maximum Gasteiger partial charge on any atom is 0.241 e. The Morgan fingerprint density at radius 1 is 1.04 bits per heavy atom. The highest BCUT2D eigenvalue weighted by Gasteiger charge is 2.18. The summed E-state index contributed by atoms with van der Waals surface area (Å²) >= 11 is 0. The number of rotatable bonds is 5. The number of fused-ring (bicyclic) bond motifs is 1. The molecule has 7 nitrogen and oxygen atoms in total. The van der Waals surface area contributed by atoms with E-state index in [2.05, 4.69) is 19.8 Å². The summed E-state index contributed by atoms with van der Waals surface area (Å²) < 4.78 is 30.1. The third kappa shape index (κ3) is 3.44. The van der Waals surface area contributed by atoms with Crippen molar-refractivity contribution in [2.45, 2.75) is 11.4 Å². The van der Waals surface area contributed by atoms with E-state index < -0.39 is 10.0 Å². The number of aromatic nitrogens is 4. The molecule has 0 atom stereocenters. The van der Waals surface area contributed by atoms with E-state index in [0.29, 0.717) is 16.8 Å². The molecule has 0 amide bonds. The minimum absolute atomic E-state index is 0.0314. The Bertz CT molecular complexity index is 1210. The van der Waals surface area contributed by atoms with E-state index in [1.54, 1.807) is 41.5 Å². The van der Waals surface area contributed by atoms with Gasteiger partial charge in [-0.15, -0.1) is 0 Å². The summed E-state index contributed by atoms with van der Waals surface area (Å²) in [5.74, 6) is 0.